The van der Waals surface area contributed by atoms with E-state index in [-0.39, 0.29) is 24.6 Å². The third-order valence-electron chi connectivity index (χ3n) is 8.80. The van der Waals surface area contributed by atoms with Crippen molar-refractivity contribution in [2.75, 3.05) is 23.1 Å². The quantitative estimate of drug-likeness (QED) is 0.0956. The van der Waals surface area contributed by atoms with Gasteiger partial charge in [0.05, 0.1) is 19.4 Å². The Morgan fingerprint density at radius 1 is 1.02 bits per heavy atom. The number of anilines is 2. The summed E-state index contributed by atoms with van der Waals surface area (Å²) in [7, 11) is -16.7. The zero-order valence-corrected chi connectivity index (χ0v) is 29.7. The van der Waals surface area contributed by atoms with Crippen LogP contribution in [-0.4, -0.2) is 66.4 Å². The molecule has 0 bridgehead atoms. The Morgan fingerprint density at radius 2 is 1.75 bits per heavy atom. The topological polar surface area (TPSA) is 242 Å². The molecule has 0 spiro atoms. The second kappa shape index (κ2) is 13.2. The van der Waals surface area contributed by atoms with Gasteiger partial charge >= 0.3 is 23.5 Å². The molecule has 6 atom stereocenters. The number of H-pyrrole nitrogens is 1. The number of phosphoric ester groups is 1. The smallest absolute Gasteiger partial charge is 0.390 e. The summed E-state index contributed by atoms with van der Waals surface area (Å²) in [6.07, 6.45) is 4.49. The first-order valence-corrected chi connectivity index (χ1v) is 20.1. The molecule has 4 aromatic rings. The maximum Gasteiger partial charge on any atom is 0.490 e. The SMILES string of the molecule is Cc1nc2c(c(=O)[nH]1)N(/C=C/c1ccc3ccc4cc5c(cc4c3c1)C(C)C=C5)CN2C1CC(O)C(COP(=O)(O)OP(=O)(O)OP(=O)(O)O)O1. The normalized spacial score (nSPS) is 24.1. The molecule has 0 amide bonds. The van der Waals surface area contributed by atoms with Gasteiger partial charge in [-0.1, -0.05) is 43.3 Å². The molecule has 17 nitrogen and oxygen atoms in total. The third-order valence-corrected chi connectivity index (χ3v) is 12.6. The highest BCUT2D eigenvalue weighted by Gasteiger charge is 2.45. The number of ether oxygens (including phenoxy) is 1. The van der Waals surface area contributed by atoms with Crippen LogP contribution in [0, 0.1) is 6.92 Å². The number of nitrogens with zero attached hydrogens (tertiary/aromatic N) is 3. The number of aromatic nitrogens is 2. The van der Waals surface area contributed by atoms with E-state index in [2.05, 4.69) is 72.5 Å². The van der Waals surface area contributed by atoms with Crippen molar-refractivity contribution < 1.29 is 56.3 Å². The number of allylic oxidation sites excluding steroid dienone is 1. The molecule has 51 heavy (non-hydrogen) atoms. The molecule has 3 heterocycles. The fraction of sp³-hybridized carbons (Fsp3) is 0.290. The minimum atomic E-state index is -5.72. The van der Waals surface area contributed by atoms with Gasteiger partial charge in [0.2, 0.25) is 0 Å². The predicted octanol–water partition coefficient (Wildman–Crippen LogP) is 4.59. The van der Waals surface area contributed by atoms with Gasteiger partial charge in [-0.05, 0) is 75.4 Å². The van der Waals surface area contributed by atoms with Gasteiger partial charge in [0.15, 0.2) is 11.5 Å². The molecule has 2 aliphatic heterocycles. The highest BCUT2D eigenvalue weighted by molar-refractivity contribution is 7.66. The van der Waals surface area contributed by atoms with Gasteiger partial charge in [0.1, 0.15) is 18.2 Å². The lowest BCUT2D eigenvalue weighted by molar-refractivity contribution is -0.0215. The van der Waals surface area contributed by atoms with Gasteiger partial charge in [0, 0.05) is 12.6 Å². The molecule has 6 N–H and O–H groups in total. The lowest BCUT2D eigenvalue weighted by Gasteiger charge is -2.25. The third kappa shape index (κ3) is 7.53. The second-order valence-electron chi connectivity index (χ2n) is 12.4. The molecule has 1 aliphatic carbocycles. The first-order chi connectivity index (χ1) is 24.0. The number of aliphatic hydroxyl groups is 1. The second-order valence-corrected chi connectivity index (χ2v) is 16.9. The molecule has 7 rings (SSSR count). The van der Waals surface area contributed by atoms with Crippen molar-refractivity contribution >= 4 is 68.7 Å². The van der Waals surface area contributed by atoms with E-state index in [4.69, 9.17) is 14.5 Å². The largest absolute Gasteiger partial charge is 0.490 e. The molecule has 3 aromatic carbocycles. The van der Waals surface area contributed by atoms with Crippen molar-refractivity contribution in [1.29, 1.82) is 0 Å². The van der Waals surface area contributed by atoms with Crippen molar-refractivity contribution in [3.05, 3.63) is 87.6 Å². The van der Waals surface area contributed by atoms with Gasteiger partial charge in [-0.15, -0.1) is 0 Å². The minimum absolute atomic E-state index is 0.0511. The van der Waals surface area contributed by atoms with Crippen LogP contribution in [0.3, 0.4) is 0 Å². The van der Waals surface area contributed by atoms with Crippen molar-refractivity contribution in [3.63, 3.8) is 0 Å². The minimum Gasteiger partial charge on any atom is -0.390 e. The summed E-state index contributed by atoms with van der Waals surface area (Å²) in [5.74, 6) is 0.932. The van der Waals surface area contributed by atoms with Crippen LogP contribution in [0.5, 0.6) is 0 Å². The molecule has 1 saturated heterocycles. The van der Waals surface area contributed by atoms with Gasteiger partial charge in [-0.25, -0.2) is 18.7 Å². The number of benzene rings is 3. The number of rotatable bonds is 10. The van der Waals surface area contributed by atoms with E-state index in [9.17, 15) is 33.4 Å². The molecule has 6 unspecified atom stereocenters. The molecule has 3 aliphatic rings. The molecular weight excluding hydrogens is 729 g/mol. The standard InChI is InChI=1S/C31H33N4O13P3/c1-17-3-5-21-12-22-8-7-20-6-4-19(11-24(20)25(22)13-23(17)21)9-10-34-16-35(30-29(34)31(37)33-18(2)32-30)28-14-26(36)27(46-28)15-45-50(41,42)48-51(43,44)47-49(38,39)40/h3-13,17,26-28,36H,14-16H2,1-2H3,(H,41,42)(H,43,44)(H,32,33,37)(H2,38,39,40)/b10-9+. The molecule has 0 saturated carbocycles. The summed E-state index contributed by atoms with van der Waals surface area (Å²) in [6, 6.07) is 14.8. The van der Waals surface area contributed by atoms with Gasteiger partial charge in [-0.2, -0.15) is 8.62 Å². The monoisotopic (exact) mass is 762 g/mol. The number of aryl methyl sites for hydroxylation is 1. The predicted molar refractivity (Wildman–Crippen MR) is 186 cm³/mol. The van der Waals surface area contributed by atoms with Crippen LogP contribution in [0.1, 0.15) is 41.8 Å². The zero-order valence-electron chi connectivity index (χ0n) is 27.0. The number of hydrogen-bond donors (Lipinski definition) is 6. The van der Waals surface area contributed by atoms with E-state index < -0.39 is 54.1 Å². The van der Waals surface area contributed by atoms with Crippen LogP contribution in [0.15, 0.2) is 59.5 Å². The summed E-state index contributed by atoms with van der Waals surface area (Å²) < 4.78 is 52.8. The Labute approximate surface area is 289 Å². The Morgan fingerprint density at radius 3 is 2.51 bits per heavy atom. The Hall–Kier alpha value is -3.53. The highest BCUT2D eigenvalue weighted by Crippen LogP contribution is 2.66. The van der Waals surface area contributed by atoms with Crippen LogP contribution >= 0.6 is 23.5 Å². The number of aliphatic hydroxyl groups excluding tert-OH is 1. The lowest BCUT2D eigenvalue weighted by atomic mass is 9.94. The van der Waals surface area contributed by atoms with Crippen LogP contribution in [-0.2, 0) is 31.6 Å². The summed E-state index contributed by atoms with van der Waals surface area (Å²) in [4.78, 5) is 60.4. The summed E-state index contributed by atoms with van der Waals surface area (Å²) >= 11 is 0. The lowest BCUT2D eigenvalue weighted by Crippen LogP contribution is -2.38. The number of fused-ring (bicyclic) bond motifs is 5. The van der Waals surface area contributed by atoms with Gasteiger partial charge in [-0.3, -0.25) is 9.32 Å². The van der Waals surface area contributed by atoms with E-state index in [0.29, 0.717) is 11.7 Å². The molecule has 270 valence electrons. The van der Waals surface area contributed by atoms with Crippen LogP contribution < -0.4 is 15.4 Å². The van der Waals surface area contributed by atoms with E-state index >= 15 is 0 Å². The van der Waals surface area contributed by atoms with Crippen molar-refractivity contribution in [2.24, 2.45) is 0 Å². The Balaban J connectivity index is 1.10. The first kappa shape index (κ1) is 35.9. The number of hydrogen-bond acceptors (Lipinski definition) is 12. The van der Waals surface area contributed by atoms with E-state index in [1.165, 1.54) is 11.1 Å². The number of aromatic amines is 1. The van der Waals surface area contributed by atoms with E-state index in [0.717, 1.165) is 27.1 Å². The average molecular weight is 763 g/mol. The van der Waals surface area contributed by atoms with Gasteiger partial charge < -0.3 is 44.2 Å². The van der Waals surface area contributed by atoms with Crippen molar-refractivity contribution in [3.8, 4) is 0 Å². The Bertz CT molecular complexity index is 2330. The molecular formula is C31H33N4O13P3. The summed E-state index contributed by atoms with van der Waals surface area (Å²) in [5.41, 5.74) is 3.21. The molecule has 1 aromatic heterocycles. The van der Waals surface area contributed by atoms with Crippen LogP contribution in [0.4, 0.5) is 11.5 Å². The molecule has 0 radical (unpaired) electrons. The van der Waals surface area contributed by atoms with Gasteiger partial charge in [0.25, 0.3) is 5.56 Å². The fourth-order valence-corrected chi connectivity index (χ4v) is 9.56. The van der Waals surface area contributed by atoms with Crippen molar-refractivity contribution in [1.82, 2.24) is 9.97 Å². The van der Waals surface area contributed by atoms with Crippen LogP contribution in [0.25, 0.3) is 33.7 Å². The summed E-state index contributed by atoms with van der Waals surface area (Å²) in [6.45, 7) is 3.03. The number of phosphoric acid groups is 3. The Kier molecular flexibility index (Phi) is 9.25. The first-order valence-electron chi connectivity index (χ1n) is 15.6. The zero-order chi connectivity index (χ0) is 36.5. The van der Waals surface area contributed by atoms with E-state index in [1.807, 2.05) is 18.2 Å². The average Bonchev–Trinajstić information content (AvgIpc) is 3.70. The van der Waals surface area contributed by atoms with E-state index in [1.54, 1.807) is 22.9 Å². The molecule has 20 heteroatoms. The maximum absolute atomic E-state index is 13.2. The fourth-order valence-electron chi connectivity index (χ4n) is 6.53. The highest BCUT2D eigenvalue weighted by atomic mass is 31.3. The van der Waals surface area contributed by atoms with Crippen LogP contribution in [0.2, 0.25) is 0 Å². The number of nitrogens with one attached hydrogen (secondary N) is 1. The molecule has 1 fully saturated rings. The maximum atomic E-state index is 13.2. The van der Waals surface area contributed by atoms with Crippen molar-refractivity contribution in [2.45, 2.75) is 44.6 Å². The summed E-state index contributed by atoms with van der Waals surface area (Å²) in [5, 5.41) is 15.2.